The van der Waals surface area contributed by atoms with Crippen LogP contribution < -0.4 is 4.74 Å². The Hall–Kier alpha value is -0.690. The van der Waals surface area contributed by atoms with Gasteiger partial charge in [-0.2, -0.15) is 0 Å². The fourth-order valence-corrected chi connectivity index (χ4v) is 0.790. The van der Waals surface area contributed by atoms with Crippen molar-refractivity contribution in [2.75, 3.05) is 7.11 Å². The van der Waals surface area contributed by atoms with Crippen molar-refractivity contribution in [1.82, 2.24) is 0 Å². The molecule has 1 rings (SSSR count). The molecule has 0 aliphatic rings. The second-order valence-electron chi connectivity index (χ2n) is 2.03. The second kappa shape index (κ2) is 2.93. The summed E-state index contributed by atoms with van der Waals surface area (Å²) >= 11 is 5.79. The van der Waals surface area contributed by atoms with E-state index in [0.29, 0.717) is 5.75 Å². The first-order chi connectivity index (χ1) is 4.74. The minimum absolute atomic E-state index is 0.676. The molecule has 0 aromatic heterocycles. The average molecular weight is 156 g/mol. The molecule has 0 atom stereocenters. The Morgan fingerprint density at radius 2 is 2.30 bits per heavy atom. The topological polar surface area (TPSA) is 9.23 Å². The molecule has 0 saturated carbocycles. The maximum absolute atomic E-state index is 5.79. The van der Waals surface area contributed by atoms with Gasteiger partial charge in [-0.1, -0.05) is 11.6 Å². The number of halogens is 1. The first-order valence-electron chi connectivity index (χ1n) is 2.96. The van der Waals surface area contributed by atoms with Gasteiger partial charge in [0, 0.05) is 11.1 Å². The molecular weight excluding hydrogens is 148 g/mol. The van der Waals surface area contributed by atoms with Crippen molar-refractivity contribution in [1.29, 1.82) is 0 Å². The number of methoxy groups -OCH3 is 1. The molecule has 1 nitrogen and oxygen atoms in total. The Balaban J connectivity index is 3.04. The lowest BCUT2D eigenvalue weighted by Gasteiger charge is -2.00. The lowest BCUT2D eigenvalue weighted by atomic mass is 10.2. The van der Waals surface area contributed by atoms with E-state index in [4.69, 9.17) is 16.3 Å². The maximum atomic E-state index is 5.79. The van der Waals surface area contributed by atoms with E-state index in [1.807, 2.05) is 6.92 Å². The smallest absolute Gasteiger partial charge is 0.128 e. The number of hydrogen-bond donors (Lipinski definition) is 0. The monoisotopic (exact) mass is 155 g/mol. The van der Waals surface area contributed by atoms with Gasteiger partial charge in [0.15, 0.2) is 0 Å². The molecule has 0 fully saturated rings. The number of hydrogen-bond acceptors (Lipinski definition) is 1. The van der Waals surface area contributed by atoms with E-state index in [2.05, 4.69) is 6.07 Å². The van der Waals surface area contributed by atoms with Gasteiger partial charge in [-0.25, -0.2) is 0 Å². The van der Waals surface area contributed by atoms with E-state index in [0.717, 1.165) is 10.6 Å². The van der Waals surface area contributed by atoms with Crippen molar-refractivity contribution in [3.05, 3.63) is 28.8 Å². The molecule has 0 heterocycles. The van der Waals surface area contributed by atoms with E-state index in [1.54, 1.807) is 19.2 Å². The highest BCUT2D eigenvalue weighted by Gasteiger charge is 1.95. The summed E-state index contributed by atoms with van der Waals surface area (Å²) in [6, 6.07) is 6.47. The second-order valence-corrected chi connectivity index (χ2v) is 2.44. The van der Waals surface area contributed by atoms with Gasteiger partial charge in [0.25, 0.3) is 0 Å². The standard InChI is InChI=1S/C8H8ClO/c1-6-3-4-7(10-2)5-8(6)9/h3,5H,1-2H3. The summed E-state index contributed by atoms with van der Waals surface area (Å²) in [5.74, 6) is 0.676. The molecule has 0 amide bonds. The normalized spacial score (nSPS) is 9.50. The highest BCUT2D eigenvalue weighted by atomic mass is 35.5. The number of aryl methyl sites for hydroxylation is 1. The molecule has 0 bridgehead atoms. The average Bonchev–Trinajstić information content (AvgIpc) is 1.95. The molecule has 1 aromatic carbocycles. The van der Waals surface area contributed by atoms with Crippen LogP contribution in [0.5, 0.6) is 5.75 Å². The highest BCUT2D eigenvalue weighted by molar-refractivity contribution is 6.31. The van der Waals surface area contributed by atoms with Crippen LogP contribution >= 0.6 is 11.6 Å². The van der Waals surface area contributed by atoms with Crippen LogP contribution in [0.25, 0.3) is 0 Å². The molecule has 53 valence electrons. The van der Waals surface area contributed by atoms with Crippen LogP contribution in [0.4, 0.5) is 0 Å². The zero-order chi connectivity index (χ0) is 7.56. The van der Waals surface area contributed by atoms with Crippen LogP contribution in [-0.2, 0) is 0 Å². The van der Waals surface area contributed by atoms with Crippen molar-refractivity contribution in [2.45, 2.75) is 6.92 Å². The molecular formula is C8H8ClO. The Labute approximate surface area is 65.6 Å². The molecule has 0 aliphatic heterocycles. The van der Waals surface area contributed by atoms with Crippen LogP contribution in [0.2, 0.25) is 5.02 Å². The summed E-state index contributed by atoms with van der Waals surface area (Å²) in [6.07, 6.45) is 0. The third kappa shape index (κ3) is 1.42. The van der Waals surface area contributed by atoms with E-state index in [-0.39, 0.29) is 0 Å². The number of ether oxygens (including phenoxy) is 1. The van der Waals surface area contributed by atoms with E-state index in [1.165, 1.54) is 0 Å². The van der Waals surface area contributed by atoms with Crippen LogP contribution in [0.1, 0.15) is 5.56 Å². The third-order valence-electron chi connectivity index (χ3n) is 1.29. The molecule has 0 unspecified atom stereocenters. The minimum atomic E-state index is 0.676. The summed E-state index contributed by atoms with van der Waals surface area (Å²) in [7, 11) is 1.59. The molecule has 1 aromatic rings. The minimum Gasteiger partial charge on any atom is -0.496 e. The maximum Gasteiger partial charge on any atom is 0.128 e. The fraction of sp³-hybridized carbons (Fsp3) is 0.250. The predicted molar refractivity (Wildman–Crippen MR) is 41.6 cm³/mol. The largest absolute Gasteiger partial charge is 0.496 e. The zero-order valence-electron chi connectivity index (χ0n) is 5.94. The molecule has 0 spiro atoms. The Morgan fingerprint density at radius 1 is 1.60 bits per heavy atom. The van der Waals surface area contributed by atoms with Gasteiger partial charge in [0.05, 0.1) is 7.11 Å². The van der Waals surface area contributed by atoms with Crippen LogP contribution in [0, 0.1) is 13.0 Å². The van der Waals surface area contributed by atoms with Crippen molar-refractivity contribution in [3.63, 3.8) is 0 Å². The van der Waals surface area contributed by atoms with Crippen molar-refractivity contribution in [2.24, 2.45) is 0 Å². The summed E-state index contributed by atoms with van der Waals surface area (Å²) in [5.41, 5.74) is 1.02. The van der Waals surface area contributed by atoms with Gasteiger partial charge in [-0.15, -0.1) is 0 Å². The number of rotatable bonds is 1. The van der Waals surface area contributed by atoms with Crippen molar-refractivity contribution >= 4 is 11.6 Å². The third-order valence-corrected chi connectivity index (χ3v) is 1.69. The first-order valence-corrected chi connectivity index (χ1v) is 3.33. The van der Waals surface area contributed by atoms with Crippen molar-refractivity contribution in [3.8, 4) is 5.75 Å². The summed E-state index contributed by atoms with van der Waals surface area (Å²) in [4.78, 5) is 0. The molecule has 0 N–H and O–H groups in total. The van der Waals surface area contributed by atoms with E-state index >= 15 is 0 Å². The lowest BCUT2D eigenvalue weighted by molar-refractivity contribution is 0.414. The summed E-state index contributed by atoms with van der Waals surface area (Å²) in [5, 5.41) is 0.718. The first kappa shape index (κ1) is 7.42. The van der Waals surface area contributed by atoms with Gasteiger partial charge < -0.3 is 4.74 Å². The fourth-order valence-electron chi connectivity index (χ4n) is 0.637. The van der Waals surface area contributed by atoms with Gasteiger partial charge in [0.2, 0.25) is 0 Å². The Morgan fingerprint density at radius 3 is 2.80 bits per heavy atom. The van der Waals surface area contributed by atoms with Gasteiger partial charge >= 0.3 is 0 Å². The number of benzene rings is 1. The molecule has 0 saturated heterocycles. The SMILES string of the molecule is COc1[c]cc(C)c(Cl)c1. The van der Waals surface area contributed by atoms with Crippen LogP contribution in [0.15, 0.2) is 12.1 Å². The summed E-state index contributed by atoms with van der Waals surface area (Å²) in [6.45, 7) is 1.93. The van der Waals surface area contributed by atoms with E-state index < -0.39 is 0 Å². The van der Waals surface area contributed by atoms with Gasteiger partial charge in [-0.3, -0.25) is 0 Å². The van der Waals surface area contributed by atoms with E-state index in [9.17, 15) is 0 Å². The van der Waals surface area contributed by atoms with Crippen LogP contribution in [0.3, 0.4) is 0 Å². The Kier molecular flexibility index (Phi) is 2.17. The quantitative estimate of drug-likeness (QED) is 0.606. The van der Waals surface area contributed by atoms with Gasteiger partial charge in [-0.05, 0) is 24.6 Å². The Bertz CT molecular complexity index is 233. The molecule has 0 aliphatic carbocycles. The highest BCUT2D eigenvalue weighted by Crippen LogP contribution is 2.20. The lowest BCUT2D eigenvalue weighted by Crippen LogP contribution is -1.83. The summed E-state index contributed by atoms with van der Waals surface area (Å²) < 4.78 is 4.91. The zero-order valence-corrected chi connectivity index (χ0v) is 6.70. The molecule has 10 heavy (non-hydrogen) atoms. The van der Waals surface area contributed by atoms with Crippen molar-refractivity contribution < 1.29 is 4.74 Å². The predicted octanol–water partition coefficient (Wildman–Crippen LogP) is 2.46. The van der Waals surface area contributed by atoms with Gasteiger partial charge in [0.1, 0.15) is 5.75 Å². The molecule has 1 radical (unpaired) electrons. The molecule has 2 heteroatoms. The van der Waals surface area contributed by atoms with Crippen LogP contribution in [-0.4, -0.2) is 7.11 Å².